The molecule has 1 fully saturated rings. The molecule has 0 bridgehead atoms. The molecule has 2 aromatic rings. The third-order valence-corrected chi connectivity index (χ3v) is 3.76. The maximum atomic E-state index is 12.0. The lowest BCUT2D eigenvalue weighted by atomic mass is 10.0. The zero-order chi connectivity index (χ0) is 15.2. The number of carbonyl (C=O) groups is 1. The van der Waals surface area contributed by atoms with Gasteiger partial charge in [0.25, 0.3) is 0 Å². The van der Waals surface area contributed by atoms with E-state index in [1.807, 2.05) is 30.3 Å². The highest BCUT2D eigenvalue weighted by Gasteiger charge is 2.21. The highest BCUT2D eigenvalue weighted by Crippen LogP contribution is 2.14. The number of ether oxygens (including phenoxy) is 1. The largest absolute Gasteiger partial charge is 0.381 e. The molecule has 0 radical (unpaired) electrons. The quantitative estimate of drug-likeness (QED) is 0.878. The van der Waals surface area contributed by atoms with Crippen LogP contribution in [0.3, 0.4) is 0 Å². The van der Waals surface area contributed by atoms with Crippen LogP contribution in [0.15, 0.2) is 30.3 Å². The van der Waals surface area contributed by atoms with E-state index in [2.05, 4.69) is 20.5 Å². The lowest BCUT2D eigenvalue weighted by Gasteiger charge is -2.21. The predicted molar refractivity (Wildman–Crippen MR) is 82.1 cm³/mol. The van der Waals surface area contributed by atoms with E-state index >= 15 is 0 Å². The Labute approximate surface area is 129 Å². The third kappa shape index (κ3) is 3.71. The summed E-state index contributed by atoms with van der Waals surface area (Å²) in [5.41, 5.74) is 0.980. The topological polar surface area (TPSA) is 79.9 Å². The minimum Gasteiger partial charge on any atom is -0.381 e. The molecular weight excluding hydrogens is 280 g/mol. The van der Waals surface area contributed by atoms with Gasteiger partial charge in [-0.3, -0.25) is 9.89 Å². The van der Waals surface area contributed by atoms with Crippen LogP contribution in [-0.4, -0.2) is 40.8 Å². The molecule has 22 heavy (non-hydrogen) atoms. The number of carbonyl (C=O) groups excluding carboxylic acids is 1. The normalized spacial score (nSPS) is 18.1. The van der Waals surface area contributed by atoms with Crippen molar-refractivity contribution >= 4 is 5.91 Å². The van der Waals surface area contributed by atoms with Crippen molar-refractivity contribution in [3.05, 3.63) is 36.2 Å². The summed E-state index contributed by atoms with van der Waals surface area (Å²) in [5, 5.41) is 10.1. The van der Waals surface area contributed by atoms with E-state index in [9.17, 15) is 4.79 Å². The van der Waals surface area contributed by atoms with Gasteiger partial charge < -0.3 is 10.1 Å². The Morgan fingerprint density at radius 2 is 2.23 bits per heavy atom. The second-order valence-corrected chi connectivity index (χ2v) is 5.43. The predicted octanol–water partition coefficient (Wildman–Crippen LogP) is 1.56. The Morgan fingerprint density at radius 3 is 3.00 bits per heavy atom. The average Bonchev–Trinajstić information content (AvgIpc) is 3.05. The molecule has 1 aromatic carbocycles. The summed E-state index contributed by atoms with van der Waals surface area (Å²) in [6.07, 6.45) is 2.51. The molecule has 1 amide bonds. The molecule has 0 saturated carbocycles. The van der Waals surface area contributed by atoms with E-state index in [1.54, 1.807) is 0 Å². The number of nitrogens with zero attached hydrogens (tertiary/aromatic N) is 2. The van der Waals surface area contributed by atoms with Gasteiger partial charge in [0.2, 0.25) is 5.91 Å². The van der Waals surface area contributed by atoms with Gasteiger partial charge in [-0.2, -0.15) is 5.10 Å². The van der Waals surface area contributed by atoms with Gasteiger partial charge in [-0.1, -0.05) is 30.3 Å². The van der Waals surface area contributed by atoms with Gasteiger partial charge in [-0.15, -0.1) is 0 Å². The zero-order valence-corrected chi connectivity index (χ0v) is 12.4. The molecule has 0 aliphatic carbocycles. The summed E-state index contributed by atoms with van der Waals surface area (Å²) in [6.45, 7) is 1.86. The molecule has 1 atom stereocenters. The number of nitrogens with one attached hydrogen (secondary N) is 2. The first-order valence-corrected chi connectivity index (χ1v) is 7.65. The van der Waals surface area contributed by atoms with Crippen LogP contribution in [-0.2, 0) is 16.0 Å². The summed E-state index contributed by atoms with van der Waals surface area (Å²) in [5.74, 6) is 1.52. The summed E-state index contributed by atoms with van der Waals surface area (Å²) < 4.78 is 5.33. The minimum absolute atomic E-state index is 0.0108. The first-order chi connectivity index (χ1) is 10.8. The monoisotopic (exact) mass is 300 g/mol. The SMILES string of the molecule is O=C(NCCc1nc(-c2ccccc2)n[nH]1)[C@@H]1CCCOC1. The number of hydrogen-bond donors (Lipinski definition) is 2. The summed E-state index contributed by atoms with van der Waals surface area (Å²) in [4.78, 5) is 16.4. The molecule has 3 rings (SSSR count). The number of aromatic nitrogens is 3. The second kappa shape index (κ2) is 7.17. The third-order valence-electron chi connectivity index (χ3n) is 3.76. The first-order valence-electron chi connectivity index (χ1n) is 7.65. The van der Waals surface area contributed by atoms with Gasteiger partial charge in [0.05, 0.1) is 12.5 Å². The second-order valence-electron chi connectivity index (χ2n) is 5.43. The van der Waals surface area contributed by atoms with Gasteiger partial charge >= 0.3 is 0 Å². The van der Waals surface area contributed by atoms with Gasteiger partial charge in [0.15, 0.2) is 5.82 Å². The number of aromatic amines is 1. The number of H-pyrrole nitrogens is 1. The smallest absolute Gasteiger partial charge is 0.225 e. The van der Waals surface area contributed by atoms with Crippen molar-refractivity contribution < 1.29 is 9.53 Å². The maximum Gasteiger partial charge on any atom is 0.225 e. The lowest BCUT2D eigenvalue weighted by molar-refractivity contribution is -0.128. The van der Waals surface area contributed by atoms with Gasteiger partial charge in [-0.25, -0.2) is 4.98 Å². The van der Waals surface area contributed by atoms with Crippen LogP contribution < -0.4 is 5.32 Å². The van der Waals surface area contributed by atoms with Gasteiger partial charge in [0, 0.05) is 25.1 Å². The highest BCUT2D eigenvalue weighted by atomic mass is 16.5. The fourth-order valence-corrected chi connectivity index (χ4v) is 2.52. The lowest BCUT2D eigenvalue weighted by Crippen LogP contribution is -2.36. The molecule has 2 N–H and O–H groups in total. The summed E-state index contributed by atoms with van der Waals surface area (Å²) in [7, 11) is 0. The van der Waals surface area contributed by atoms with Crippen molar-refractivity contribution in [2.45, 2.75) is 19.3 Å². The van der Waals surface area contributed by atoms with Crippen LogP contribution in [0.25, 0.3) is 11.4 Å². The van der Waals surface area contributed by atoms with Crippen LogP contribution in [0.1, 0.15) is 18.7 Å². The van der Waals surface area contributed by atoms with Crippen LogP contribution >= 0.6 is 0 Å². The molecule has 1 saturated heterocycles. The van der Waals surface area contributed by atoms with E-state index in [4.69, 9.17) is 4.74 Å². The molecule has 2 heterocycles. The Morgan fingerprint density at radius 1 is 1.36 bits per heavy atom. The average molecular weight is 300 g/mol. The van der Waals surface area contributed by atoms with Gasteiger partial charge in [-0.05, 0) is 12.8 Å². The van der Waals surface area contributed by atoms with Gasteiger partial charge in [0.1, 0.15) is 5.82 Å². The molecule has 116 valence electrons. The molecular formula is C16H20N4O2. The molecule has 6 heteroatoms. The molecule has 0 unspecified atom stereocenters. The van der Waals surface area contributed by atoms with E-state index in [0.29, 0.717) is 25.4 Å². The van der Waals surface area contributed by atoms with Crippen molar-refractivity contribution in [1.29, 1.82) is 0 Å². The number of rotatable bonds is 5. The van der Waals surface area contributed by atoms with E-state index in [0.717, 1.165) is 30.8 Å². The Hall–Kier alpha value is -2.21. The van der Waals surface area contributed by atoms with Crippen LogP contribution in [0.2, 0.25) is 0 Å². The number of hydrogen-bond acceptors (Lipinski definition) is 4. The number of benzene rings is 1. The highest BCUT2D eigenvalue weighted by molar-refractivity contribution is 5.78. The summed E-state index contributed by atoms with van der Waals surface area (Å²) >= 11 is 0. The fourth-order valence-electron chi connectivity index (χ4n) is 2.52. The van der Waals surface area contributed by atoms with Crippen molar-refractivity contribution in [2.24, 2.45) is 5.92 Å². The van der Waals surface area contributed by atoms with Crippen LogP contribution in [0, 0.1) is 5.92 Å². The number of amides is 1. The first kappa shape index (κ1) is 14.7. The van der Waals surface area contributed by atoms with E-state index < -0.39 is 0 Å². The molecule has 6 nitrogen and oxygen atoms in total. The minimum atomic E-state index is -0.0108. The molecule has 1 aliphatic rings. The molecule has 0 spiro atoms. The Balaban J connectivity index is 1.48. The Bertz CT molecular complexity index is 606. The van der Waals surface area contributed by atoms with Crippen molar-refractivity contribution in [3.8, 4) is 11.4 Å². The van der Waals surface area contributed by atoms with Crippen molar-refractivity contribution in [3.63, 3.8) is 0 Å². The fraction of sp³-hybridized carbons (Fsp3) is 0.438. The standard InChI is InChI=1S/C16H20N4O2/c21-16(13-7-4-10-22-11-13)17-9-8-14-18-15(20-19-14)12-5-2-1-3-6-12/h1-3,5-6,13H,4,7-11H2,(H,17,21)(H,18,19,20)/t13-/m1/s1. The molecule has 1 aromatic heterocycles. The maximum absolute atomic E-state index is 12.0. The van der Waals surface area contributed by atoms with Crippen LogP contribution in [0.5, 0.6) is 0 Å². The van der Waals surface area contributed by atoms with Crippen LogP contribution in [0.4, 0.5) is 0 Å². The van der Waals surface area contributed by atoms with Crippen molar-refractivity contribution in [1.82, 2.24) is 20.5 Å². The zero-order valence-electron chi connectivity index (χ0n) is 12.4. The van der Waals surface area contributed by atoms with E-state index in [1.165, 1.54) is 0 Å². The Kier molecular flexibility index (Phi) is 4.80. The van der Waals surface area contributed by atoms with E-state index in [-0.39, 0.29) is 11.8 Å². The summed E-state index contributed by atoms with van der Waals surface area (Å²) in [6, 6.07) is 9.81. The van der Waals surface area contributed by atoms with Crippen molar-refractivity contribution in [2.75, 3.05) is 19.8 Å². The molecule has 1 aliphatic heterocycles.